The second kappa shape index (κ2) is 11.5. The molecule has 0 heterocycles. The molecule has 1 fully saturated rings. The van der Waals surface area contributed by atoms with Gasteiger partial charge in [-0.2, -0.15) is 0 Å². The fraction of sp³-hybridized carbons (Fsp3) is 0.611. The van der Waals surface area contributed by atoms with E-state index in [4.69, 9.17) is 0 Å². The van der Waals surface area contributed by atoms with Gasteiger partial charge in [-0.3, -0.25) is 4.79 Å². The molecular formula is C18H31NO. The molecule has 1 N–H and O–H groups in total. The van der Waals surface area contributed by atoms with Crippen molar-refractivity contribution in [3.63, 3.8) is 0 Å². The third-order valence-corrected chi connectivity index (χ3v) is 3.43. The molecule has 1 aliphatic carbocycles. The molecule has 20 heavy (non-hydrogen) atoms. The number of para-hydroxylation sites is 1. The fourth-order valence-electron chi connectivity index (χ4n) is 2.29. The summed E-state index contributed by atoms with van der Waals surface area (Å²) in [5.74, 6) is 1.20. The Morgan fingerprint density at radius 3 is 1.95 bits per heavy atom. The van der Waals surface area contributed by atoms with Crippen molar-refractivity contribution in [1.82, 2.24) is 0 Å². The fourth-order valence-corrected chi connectivity index (χ4v) is 2.29. The van der Waals surface area contributed by atoms with E-state index in [1.165, 1.54) is 12.8 Å². The van der Waals surface area contributed by atoms with Gasteiger partial charge in [-0.05, 0) is 43.7 Å². The van der Waals surface area contributed by atoms with Gasteiger partial charge in [-0.15, -0.1) is 0 Å². The molecule has 2 heteroatoms. The van der Waals surface area contributed by atoms with Crippen LogP contribution in [0.2, 0.25) is 0 Å². The molecule has 1 saturated carbocycles. The Hall–Kier alpha value is -1.31. The molecule has 2 rings (SSSR count). The number of carbonyl (C=O) groups is 1. The number of rotatable bonds is 2. The Morgan fingerprint density at radius 1 is 0.950 bits per heavy atom. The van der Waals surface area contributed by atoms with E-state index < -0.39 is 0 Å². The minimum Gasteiger partial charge on any atom is -0.326 e. The van der Waals surface area contributed by atoms with Crippen LogP contribution in [0.3, 0.4) is 0 Å². The van der Waals surface area contributed by atoms with E-state index in [0.717, 1.165) is 24.4 Å². The number of carbonyl (C=O) groups excluding carboxylic acids is 1. The maximum Gasteiger partial charge on any atom is 0.227 e. The number of hydrogen-bond acceptors (Lipinski definition) is 1. The number of hydrogen-bond donors (Lipinski definition) is 1. The lowest BCUT2D eigenvalue weighted by Gasteiger charge is -2.25. The van der Waals surface area contributed by atoms with Gasteiger partial charge in [0.2, 0.25) is 5.91 Å². The monoisotopic (exact) mass is 277 g/mol. The Morgan fingerprint density at radius 2 is 1.45 bits per heavy atom. The highest BCUT2D eigenvalue weighted by Gasteiger charge is 2.24. The SMILES string of the molecule is CC.CC.CC1CCC(C(=O)Nc2ccccc2)CC1. The van der Waals surface area contributed by atoms with Gasteiger partial charge >= 0.3 is 0 Å². The number of benzene rings is 1. The van der Waals surface area contributed by atoms with E-state index >= 15 is 0 Å². The standard InChI is InChI=1S/C14H19NO.2C2H6/c1-11-7-9-12(10-8-11)14(16)15-13-5-3-2-4-6-13;2*1-2/h2-6,11-12H,7-10H2,1H3,(H,15,16);2*1-2H3. The van der Waals surface area contributed by atoms with E-state index in [9.17, 15) is 4.79 Å². The zero-order chi connectivity index (χ0) is 15.4. The number of amides is 1. The van der Waals surface area contributed by atoms with Gasteiger partial charge < -0.3 is 5.32 Å². The highest BCUT2D eigenvalue weighted by atomic mass is 16.1. The van der Waals surface area contributed by atoms with Crippen LogP contribution in [-0.2, 0) is 4.79 Å². The molecule has 0 atom stereocenters. The van der Waals surface area contributed by atoms with Gasteiger partial charge in [0.25, 0.3) is 0 Å². The molecule has 0 aliphatic heterocycles. The lowest BCUT2D eigenvalue weighted by atomic mass is 9.82. The molecule has 0 radical (unpaired) electrons. The van der Waals surface area contributed by atoms with Crippen LogP contribution in [0.25, 0.3) is 0 Å². The molecule has 0 bridgehead atoms. The normalized spacial score (nSPS) is 20.6. The van der Waals surface area contributed by atoms with E-state index in [1.54, 1.807) is 0 Å². The summed E-state index contributed by atoms with van der Waals surface area (Å²) >= 11 is 0. The minimum absolute atomic E-state index is 0.193. The molecular weight excluding hydrogens is 246 g/mol. The first-order chi connectivity index (χ1) is 9.75. The molecule has 2 nitrogen and oxygen atoms in total. The maximum atomic E-state index is 12.0. The summed E-state index contributed by atoms with van der Waals surface area (Å²) in [5.41, 5.74) is 0.908. The van der Waals surface area contributed by atoms with Crippen molar-refractivity contribution in [2.24, 2.45) is 11.8 Å². The molecule has 1 amide bonds. The first-order valence-corrected chi connectivity index (χ1v) is 8.11. The lowest BCUT2D eigenvalue weighted by Crippen LogP contribution is -2.26. The second-order valence-electron chi connectivity index (χ2n) is 4.81. The number of anilines is 1. The predicted molar refractivity (Wildman–Crippen MR) is 88.9 cm³/mol. The largest absolute Gasteiger partial charge is 0.326 e. The topological polar surface area (TPSA) is 29.1 Å². The molecule has 1 aromatic carbocycles. The van der Waals surface area contributed by atoms with Gasteiger partial charge in [0, 0.05) is 11.6 Å². The van der Waals surface area contributed by atoms with Crippen molar-refractivity contribution < 1.29 is 4.79 Å². The van der Waals surface area contributed by atoms with E-state index in [-0.39, 0.29) is 11.8 Å². The Balaban J connectivity index is 0.000000829. The quantitative estimate of drug-likeness (QED) is 0.759. The third kappa shape index (κ3) is 6.74. The lowest BCUT2D eigenvalue weighted by molar-refractivity contribution is -0.121. The van der Waals surface area contributed by atoms with Gasteiger partial charge in [-0.25, -0.2) is 0 Å². The highest BCUT2D eigenvalue weighted by molar-refractivity contribution is 5.92. The Kier molecular flexibility index (Phi) is 10.8. The van der Waals surface area contributed by atoms with Crippen LogP contribution in [0.15, 0.2) is 30.3 Å². The summed E-state index contributed by atoms with van der Waals surface area (Å²) in [6, 6.07) is 9.71. The second-order valence-corrected chi connectivity index (χ2v) is 4.81. The van der Waals surface area contributed by atoms with Crippen LogP contribution in [-0.4, -0.2) is 5.91 Å². The van der Waals surface area contributed by atoms with E-state index in [1.807, 2.05) is 58.0 Å². The van der Waals surface area contributed by atoms with Crippen molar-refractivity contribution in [2.75, 3.05) is 5.32 Å². The zero-order valence-corrected chi connectivity index (χ0v) is 13.8. The Bertz CT molecular complexity index is 340. The molecule has 0 saturated heterocycles. The van der Waals surface area contributed by atoms with E-state index in [2.05, 4.69) is 12.2 Å². The Labute approximate surface area is 125 Å². The van der Waals surface area contributed by atoms with Crippen LogP contribution in [0, 0.1) is 11.8 Å². The van der Waals surface area contributed by atoms with Gasteiger partial charge in [0.1, 0.15) is 0 Å². The maximum absolute atomic E-state index is 12.0. The molecule has 0 spiro atoms. The zero-order valence-electron chi connectivity index (χ0n) is 13.8. The van der Waals surface area contributed by atoms with Crippen molar-refractivity contribution >= 4 is 11.6 Å². The summed E-state index contributed by atoms with van der Waals surface area (Å²) in [5, 5.41) is 2.99. The van der Waals surface area contributed by atoms with Crippen LogP contribution in [0.4, 0.5) is 5.69 Å². The molecule has 114 valence electrons. The van der Waals surface area contributed by atoms with Gasteiger partial charge in [-0.1, -0.05) is 52.8 Å². The minimum atomic E-state index is 0.193. The summed E-state index contributed by atoms with van der Waals surface area (Å²) < 4.78 is 0. The van der Waals surface area contributed by atoms with Crippen molar-refractivity contribution in [1.29, 1.82) is 0 Å². The van der Waals surface area contributed by atoms with Crippen LogP contribution < -0.4 is 5.32 Å². The summed E-state index contributed by atoms with van der Waals surface area (Å²) in [6.45, 7) is 10.3. The average molecular weight is 277 g/mol. The van der Waals surface area contributed by atoms with Crippen molar-refractivity contribution in [3.05, 3.63) is 30.3 Å². The van der Waals surface area contributed by atoms with Crippen molar-refractivity contribution in [2.45, 2.75) is 60.3 Å². The molecule has 1 aromatic rings. The van der Waals surface area contributed by atoms with Crippen LogP contribution in [0.1, 0.15) is 60.3 Å². The van der Waals surface area contributed by atoms with Gasteiger partial charge in [0.15, 0.2) is 0 Å². The number of nitrogens with one attached hydrogen (secondary N) is 1. The molecule has 0 aromatic heterocycles. The summed E-state index contributed by atoms with van der Waals surface area (Å²) in [6.07, 6.45) is 4.46. The predicted octanol–water partition coefficient (Wildman–Crippen LogP) is 5.50. The first kappa shape index (κ1) is 18.7. The highest BCUT2D eigenvalue weighted by Crippen LogP contribution is 2.29. The van der Waals surface area contributed by atoms with Crippen molar-refractivity contribution in [3.8, 4) is 0 Å². The summed E-state index contributed by atoms with van der Waals surface area (Å²) in [4.78, 5) is 12.0. The van der Waals surface area contributed by atoms with E-state index in [0.29, 0.717) is 0 Å². The van der Waals surface area contributed by atoms with Gasteiger partial charge in [0.05, 0.1) is 0 Å². The van der Waals surface area contributed by atoms with Crippen LogP contribution in [0.5, 0.6) is 0 Å². The summed E-state index contributed by atoms with van der Waals surface area (Å²) in [7, 11) is 0. The van der Waals surface area contributed by atoms with Crippen LogP contribution >= 0.6 is 0 Å². The third-order valence-electron chi connectivity index (χ3n) is 3.43. The molecule has 1 aliphatic rings. The first-order valence-electron chi connectivity index (χ1n) is 8.11. The average Bonchev–Trinajstić information content (AvgIpc) is 2.53. The molecule has 0 unspecified atom stereocenters. The smallest absolute Gasteiger partial charge is 0.227 e.